The Hall–Kier alpha value is -3.05. The fourth-order valence-electron chi connectivity index (χ4n) is 3.16. The average molecular weight is 451 g/mol. The van der Waals surface area contributed by atoms with Gasteiger partial charge in [0, 0.05) is 23.7 Å². The normalized spacial score (nSPS) is 15.5. The van der Waals surface area contributed by atoms with Crippen LogP contribution in [0.5, 0.6) is 5.75 Å². The number of aromatic nitrogens is 1. The lowest BCUT2D eigenvalue weighted by atomic mass is 10.1. The Morgan fingerprint density at radius 2 is 1.93 bits per heavy atom. The van der Waals surface area contributed by atoms with Crippen molar-refractivity contribution in [2.24, 2.45) is 0 Å². The molecule has 0 fully saturated rings. The minimum Gasteiger partial charge on any atom is -0.407 e. The smallest absolute Gasteiger partial charge is 0.407 e. The Morgan fingerprint density at radius 3 is 2.70 bits per heavy atom. The molecule has 1 unspecified atom stereocenters. The third-order valence-electron chi connectivity index (χ3n) is 4.49. The summed E-state index contributed by atoms with van der Waals surface area (Å²) in [6.45, 7) is 0. The highest BCUT2D eigenvalue weighted by Crippen LogP contribution is 2.27. The van der Waals surface area contributed by atoms with Crippen LogP contribution in [0.25, 0.3) is 0 Å². The highest BCUT2D eigenvalue weighted by atomic mass is 32.2. The monoisotopic (exact) mass is 451 g/mol. The van der Waals surface area contributed by atoms with Crippen LogP contribution < -0.4 is 14.8 Å². The fourth-order valence-corrected chi connectivity index (χ4v) is 5.00. The number of hydrogen-bond acceptors (Lipinski definition) is 6. The lowest BCUT2D eigenvalue weighted by Crippen LogP contribution is -2.37. The number of carbonyl (C=O) groups is 1. The van der Waals surface area contributed by atoms with Gasteiger partial charge in [0.05, 0.1) is 4.90 Å². The summed E-state index contributed by atoms with van der Waals surface area (Å²) in [7, 11) is -3.79. The molecule has 4 rings (SSSR count). The van der Waals surface area contributed by atoms with E-state index in [1.54, 1.807) is 17.5 Å². The van der Waals surface area contributed by atoms with Gasteiger partial charge < -0.3 is 10.1 Å². The summed E-state index contributed by atoms with van der Waals surface area (Å²) in [5.41, 5.74) is 1.64. The van der Waals surface area contributed by atoms with Crippen LogP contribution in [0, 0.1) is 11.6 Å². The van der Waals surface area contributed by atoms with Crippen LogP contribution in [0.4, 0.5) is 18.7 Å². The van der Waals surface area contributed by atoms with E-state index in [0.29, 0.717) is 12.8 Å². The summed E-state index contributed by atoms with van der Waals surface area (Å²) < 4.78 is 59.1. The number of anilines is 1. The molecule has 0 saturated carbocycles. The van der Waals surface area contributed by atoms with Crippen molar-refractivity contribution in [3.05, 3.63) is 70.7 Å². The average Bonchev–Trinajstić information content (AvgIpc) is 3.32. The van der Waals surface area contributed by atoms with Gasteiger partial charge in [-0.2, -0.15) is 0 Å². The maximum Gasteiger partial charge on any atom is 0.412 e. The third kappa shape index (κ3) is 4.41. The van der Waals surface area contributed by atoms with Crippen molar-refractivity contribution in [1.82, 2.24) is 10.3 Å². The van der Waals surface area contributed by atoms with Gasteiger partial charge in [-0.25, -0.2) is 27.0 Å². The number of halogens is 2. The molecule has 2 aromatic carbocycles. The number of hydrogen-bond donors (Lipinski definition) is 2. The molecule has 7 nitrogen and oxygen atoms in total. The minimum atomic E-state index is -3.79. The summed E-state index contributed by atoms with van der Waals surface area (Å²) in [6, 6.07) is 6.92. The summed E-state index contributed by atoms with van der Waals surface area (Å²) in [5, 5.41) is 4.52. The lowest BCUT2D eigenvalue weighted by Gasteiger charge is -2.12. The quantitative estimate of drug-likeness (QED) is 0.619. The van der Waals surface area contributed by atoms with Crippen molar-refractivity contribution in [2.45, 2.75) is 23.8 Å². The Balaban J connectivity index is 1.42. The zero-order valence-electron chi connectivity index (χ0n) is 15.3. The first-order valence-electron chi connectivity index (χ1n) is 8.78. The second kappa shape index (κ2) is 8.00. The van der Waals surface area contributed by atoms with E-state index in [1.165, 1.54) is 23.6 Å². The zero-order chi connectivity index (χ0) is 21.3. The third-order valence-corrected chi connectivity index (χ3v) is 6.65. The molecular weight excluding hydrogens is 436 g/mol. The van der Waals surface area contributed by atoms with E-state index in [2.05, 4.69) is 15.0 Å². The van der Waals surface area contributed by atoms with Crippen LogP contribution in [0.1, 0.15) is 11.1 Å². The zero-order valence-corrected chi connectivity index (χ0v) is 16.9. The summed E-state index contributed by atoms with van der Waals surface area (Å²) >= 11 is 1.17. The largest absolute Gasteiger partial charge is 0.412 e. The minimum absolute atomic E-state index is 0.0847. The Bertz CT molecular complexity index is 1200. The van der Waals surface area contributed by atoms with E-state index in [9.17, 15) is 22.0 Å². The first-order valence-corrected chi connectivity index (χ1v) is 11.1. The molecule has 1 amide bonds. The number of ether oxygens (including phenoxy) is 1. The topological polar surface area (TPSA) is 97.4 Å². The van der Waals surface area contributed by atoms with Gasteiger partial charge in [-0.05, 0) is 48.2 Å². The van der Waals surface area contributed by atoms with E-state index in [1.807, 2.05) is 0 Å². The summed E-state index contributed by atoms with van der Waals surface area (Å²) in [5.74, 6) is -2.10. The van der Waals surface area contributed by atoms with Crippen molar-refractivity contribution in [2.75, 3.05) is 4.72 Å². The second-order valence-corrected chi connectivity index (χ2v) is 9.16. The molecule has 0 aliphatic heterocycles. The first-order chi connectivity index (χ1) is 14.3. The number of amides is 1. The molecule has 11 heteroatoms. The van der Waals surface area contributed by atoms with Crippen LogP contribution >= 0.6 is 11.3 Å². The molecule has 1 aliphatic carbocycles. The van der Waals surface area contributed by atoms with E-state index < -0.39 is 33.5 Å². The molecular formula is C19H15F2N3O4S2. The van der Waals surface area contributed by atoms with Gasteiger partial charge in [0.1, 0.15) is 5.82 Å². The van der Waals surface area contributed by atoms with Crippen molar-refractivity contribution < 1.29 is 26.7 Å². The number of fused-ring (bicyclic) bond motifs is 1. The standard InChI is InChI=1S/C19H15F2N3O4S2/c20-13-2-4-16(21)17(10-13)28-19(25)23-14-7-11-1-3-15(9-12(11)8-14)30(26,27)24-18-22-5-6-29-18/h1-6,9-10,14H,7-8H2,(H,22,24)(H,23,25). The molecule has 0 spiro atoms. The van der Waals surface area contributed by atoms with E-state index in [0.717, 1.165) is 29.3 Å². The molecule has 0 radical (unpaired) electrons. The van der Waals surface area contributed by atoms with Crippen LogP contribution in [0.2, 0.25) is 0 Å². The number of sulfonamides is 1. The summed E-state index contributed by atoms with van der Waals surface area (Å²) in [4.78, 5) is 16.0. The molecule has 30 heavy (non-hydrogen) atoms. The van der Waals surface area contributed by atoms with Gasteiger partial charge in [-0.1, -0.05) is 6.07 Å². The van der Waals surface area contributed by atoms with Gasteiger partial charge in [-0.15, -0.1) is 11.3 Å². The number of rotatable bonds is 5. The molecule has 1 aromatic heterocycles. The molecule has 156 valence electrons. The molecule has 3 aromatic rings. The molecule has 1 heterocycles. The van der Waals surface area contributed by atoms with Crippen LogP contribution in [-0.4, -0.2) is 25.5 Å². The van der Waals surface area contributed by atoms with E-state index >= 15 is 0 Å². The van der Waals surface area contributed by atoms with Crippen molar-refractivity contribution >= 4 is 32.6 Å². The van der Waals surface area contributed by atoms with Crippen molar-refractivity contribution in [3.63, 3.8) is 0 Å². The van der Waals surface area contributed by atoms with E-state index in [-0.39, 0.29) is 16.1 Å². The summed E-state index contributed by atoms with van der Waals surface area (Å²) in [6.07, 6.45) is 1.40. The fraction of sp³-hybridized carbons (Fsp3) is 0.158. The van der Waals surface area contributed by atoms with Gasteiger partial charge in [0.25, 0.3) is 10.0 Å². The van der Waals surface area contributed by atoms with Crippen LogP contribution in [0.3, 0.4) is 0 Å². The number of nitrogens with zero attached hydrogens (tertiary/aromatic N) is 1. The molecule has 1 aliphatic rings. The van der Waals surface area contributed by atoms with Crippen LogP contribution in [0.15, 0.2) is 52.9 Å². The molecule has 0 bridgehead atoms. The number of thiazole rings is 1. The number of benzene rings is 2. The van der Waals surface area contributed by atoms with Gasteiger partial charge in [0.15, 0.2) is 16.7 Å². The maximum absolute atomic E-state index is 13.6. The molecule has 1 atom stereocenters. The van der Waals surface area contributed by atoms with Crippen LogP contribution in [-0.2, 0) is 22.9 Å². The molecule has 2 N–H and O–H groups in total. The first kappa shape index (κ1) is 20.2. The predicted molar refractivity (Wildman–Crippen MR) is 106 cm³/mol. The Kier molecular flexibility index (Phi) is 5.39. The maximum atomic E-state index is 13.6. The van der Waals surface area contributed by atoms with Gasteiger partial charge in [0.2, 0.25) is 0 Å². The van der Waals surface area contributed by atoms with Crippen molar-refractivity contribution in [3.8, 4) is 5.75 Å². The highest BCUT2D eigenvalue weighted by molar-refractivity contribution is 7.93. The number of carbonyl (C=O) groups excluding carboxylic acids is 1. The van der Waals surface area contributed by atoms with Gasteiger partial charge in [-0.3, -0.25) is 4.72 Å². The van der Waals surface area contributed by atoms with Crippen molar-refractivity contribution in [1.29, 1.82) is 0 Å². The highest BCUT2D eigenvalue weighted by Gasteiger charge is 2.26. The SMILES string of the molecule is O=C(NC1Cc2ccc(S(=O)(=O)Nc3nccs3)cc2C1)Oc1cc(F)ccc1F. The lowest BCUT2D eigenvalue weighted by molar-refractivity contribution is 0.194. The van der Waals surface area contributed by atoms with E-state index in [4.69, 9.17) is 4.74 Å². The van der Waals surface area contributed by atoms with Gasteiger partial charge >= 0.3 is 6.09 Å². The number of nitrogens with one attached hydrogen (secondary N) is 2. The Labute approximate surface area is 174 Å². The Morgan fingerprint density at radius 1 is 1.13 bits per heavy atom. The predicted octanol–water partition coefficient (Wildman–Crippen LogP) is 3.48. The second-order valence-electron chi connectivity index (χ2n) is 6.59. The molecule has 0 saturated heterocycles.